The third kappa shape index (κ3) is 11.0. The highest BCUT2D eigenvalue weighted by atomic mass is 15.0. The highest BCUT2D eigenvalue weighted by molar-refractivity contribution is 5.14. The second-order valence-electron chi connectivity index (χ2n) is 3.75. The minimum Gasteiger partial charge on any atom is -0.399 e. The summed E-state index contributed by atoms with van der Waals surface area (Å²) in [5.41, 5.74) is 7.55. The van der Waals surface area contributed by atoms with E-state index in [-0.39, 0.29) is 0 Å². The predicted molar refractivity (Wildman–Crippen MR) is 75.6 cm³/mol. The summed E-state index contributed by atoms with van der Waals surface area (Å²) in [5, 5.41) is 9.56. The third-order valence-electron chi connectivity index (χ3n) is 2.18. The lowest BCUT2D eigenvalue weighted by atomic mass is 10.3. The minimum absolute atomic E-state index is 0.806. The molecule has 5 N–H and O–H groups in total. The van der Waals surface area contributed by atoms with Crippen LogP contribution in [0.3, 0.4) is 0 Å². The first-order valence-corrected chi connectivity index (χ1v) is 6.09. The van der Waals surface area contributed by atoms with Gasteiger partial charge in [-0.15, -0.1) is 0 Å². The Kier molecular flexibility index (Phi) is 10.4. The molecule has 0 fully saturated rings. The van der Waals surface area contributed by atoms with Gasteiger partial charge in [0.05, 0.1) is 0 Å². The maximum atomic E-state index is 5.71. The fraction of sp³-hybridized carbons (Fsp3) is 0.538. The lowest BCUT2D eigenvalue weighted by molar-refractivity contribution is 0.649. The fourth-order valence-corrected chi connectivity index (χ4v) is 1.19. The number of rotatable bonds is 10. The first-order chi connectivity index (χ1) is 8.20. The summed E-state index contributed by atoms with van der Waals surface area (Å²) in [6.45, 7) is 9.41. The predicted octanol–water partition coefficient (Wildman–Crippen LogP) is 0.708. The van der Waals surface area contributed by atoms with Gasteiger partial charge < -0.3 is 21.7 Å². The summed E-state index contributed by atoms with van der Waals surface area (Å²) in [4.78, 5) is 0. The summed E-state index contributed by atoms with van der Waals surface area (Å²) < 4.78 is 0. The Labute approximate surface area is 105 Å². The Bertz CT molecular complexity index is 256. The van der Waals surface area contributed by atoms with Gasteiger partial charge in [-0.1, -0.05) is 25.7 Å². The van der Waals surface area contributed by atoms with Gasteiger partial charge in [0.25, 0.3) is 0 Å². The van der Waals surface area contributed by atoms with E-state index in [2.05, 4.69) is 29.5 Å². The molecule has 0 bridgehead atoms. The van der Waals surface area contributed by atoms with E-state index in [0.717, 1.165) is 44.0 Å². The molecule has 0 unspecified atom stereocenters. The van der Waals surface area contributed by atoms with Gasteiger partial charge in [0.15, 0.2) is 0 Å². The van der Waals surface area contributed by atoms with E-state index < -0.39 is 0 Å². The van der Waals surface area contributed by atoms with Crippen molar-refractivity contribution in [3.8, 4) is 0 Å². The Morgan fingerprint density at radius 2 is 2.00 bits per heavy atom. The van der Waals surface area contributed by atoms with Crippen molar-refractivity contribution in [2.75, 3.05) is 33.2 Å². The lowest BCUT2D eigenvalue weighted by Crippen LogP contribution is -2.30. The normalized spacial score (nSPS) is 12.0. The topological polar surface area (TPSA) is 62.1 Å². The molecule has 0 aliphatic carbocycles. The van der Waals surface area contributed by atoms with E-state index in [4.69, 9.17) is 5.73 Å². The fourth-order valence-electron chi connectivity index (χ4n) is 1.19. The molecule has 0 rings (SSSR count). The number of hydrogen-bond donors (Lipinski definition) is 4. The monoisotopic (exact) mass is 238 g/mol. The number of nitrogens with one attached hydrogen (secondary N) is 3. The van der Waals surface area contributed by atoms with E-state index in [1.807, 2.05) is 25.3 Å². The van der Waals surface area contributed by atoms with Crippen molar-refractivity contribution in [2.45, 2.75) is 13.3 Å². The minimum atomic E-state index is 0.806. The Balaban J connectivity index is 3.35. The molecule has 0 spiro atoms. The molecule has 4 heteroatoms. The van der Waals surface area contributed by atoms with Crippen LogP contribution >= 0.6 is 0 Å². The molecule has 4 nitrogen and oxygen atoms in total. The van der Waals surface area contributed by atoms with Gasteiger partial charge in [0, 0.05) is 44.6 Å². The van der Waals surface area contributed by atoms with Gasteiger partial charge >= 0.3 is 0 Å². The van der Waals surface area contributed by atoms with E-state index in [1.54, 1.807) is 0 Å². The molecule has 0 aliphatic heterocycles. The van der Waals surface area contributed by atoms with Crippen LogP contribution in [0, 0.1) is 0 Å². The quantitative estimate of drug-likeness (QED) is 0.334. The Morgan fingerprint density at radius 3 is 2.65 bits per heavy atom. The largest absolute Gasteiger partial charge is 0.399 e. The van der Waals surface area contributed by atoms with Gasteiger partial charge in [-0.25, -0.2) is 0 Å². The van der Waals surface area contributed by atoms with E-state index in [1.165, 1.54) is 0 Å². The zero-order chi connectivity index (χ0) is 12.9. The molecule has 0 atom stereocenters. The number of likely N-dealkylation sites (N-methyl/N-ethyl adjacent to an activating group) is 1. The average Bonchev–Trinajstić information content (AvgIpc) is 2.32. The van der Waals surface area contributed by atoms with Gasteiger partial charge in [0.2, 0.25) is 0 Å². The molecule has 0 radical (unpaired) electrons. The van der Waals surface area contributed by atoms with Crippen LogP contribution in [-0.4, -0.2) is 33.2 Å². The van der Waals surface area contributed by atoms with Gasteiger partial charge in [-0.3, -0.25) is 0 Å². The van der Waals surface area contributed by atoms with Gasteiger partial charge in [-0.2, -0.15) is 0 Å². The maximum absolute atomic E-state index is 5.71. The van der Waals surface area contributed by atoms with Gasteiger partial charge in [-0.05, 0) is 12.5 Å². The summed E-state index contributed by atoms with van der Waals surface area (Å²) in [5.74, 6) is 0. The van der Waals surface area contributed by atoms with Crippen molar-refractivity contribution in [3.63, 3.8) is 0 Å². The summed E-state index contributed by atoms with van der Waals surface area (Å²) >= 11 is 0. The molecule has 0 aromatic heterocycles. The second kappa shape index (κ2) is 11.2. The molecule has 0 aliphatic rings. The van der Waals surface area contributed by atoms with Crippen molar-refractivity contribution < 1.29 is 0 Å². The number of nitrogens with two attached hydrogens (primary N) is 1. The molecule has 0 aromatic carbocycles. The first kappa shape index (κ1) is 15.7. The first-order valence-electron chi connectivity index (χ1n) is 6.09. The van der Waals surface area contributed by atoms with Crippen LogP contribution in [0.5, 0.6) is 0 Å². The van der Waals surface area contributed by atoms with E-state index in [9.17, 15) is 0 Å². The third-order valence-corrected chi connectivity index (χ3v) is 2.18. The van der Waals surface area contributed by atoms with Crippen LogP contribution < -0.4 is 21.7 Å². The highest BCUT2D eigenvalue weighted by Crippen LogP contribution is 1.88. The smallest absolute Gasteiger partial charge is 0.0348 e. The van der Waals surface area contributed by atoms with E-state index >= 15 is 0 Å². The molecule has 17 heavy (non-hydrogen) atoms. The zero-order valence-corrected chi connectivity index (χ0v) is 11.1. The molecule has 0 aromatic rings. The lowest BCUT2D eigenvalue weighted by Gasteiger charge is -2.07. The molecule has 0 saturated heterocycles. The van der Waals surface area contributed by atoms with Crippen molar-refractivity contribution in [1.29, 1.82) is 0 Å². The van der Waals surface area contributed by atoms with Crippen LogP contribution in [-0.2, 0) is 0 Å². The van der Waals surface area contributed by atoms with Crippen LogP contribution in [0.2, 0.25) is 0 Å². The number of allylic oxidation sites excluding steroid dienone is 2. The van der Waals surface area contributed by atoms with Crippen LogP contribution in [0.1, 0.15) is 13.3 Å². The van der Waals surface area contributed by atoms with Crippen molar-refractivity contribution in [1.82, 2.24) is 16.0 Å². The Hall–Kier alpha value is -1.26. The highest BCUT2D eigenvalue weighted by Gasteiger charge is 1.89. The molecule has 0 heterocycles. The molecular formula is C13H26N4. The molecular weight excluding hydrogens is 212 g/mol. The van der Waals surface area contributed by atoms with Crippen LogP contribution in [0.15, 0.2) is 36.2 Å². The van der Waals surface area contributed by atoms with Crippen molar-refractivity contribution in [3.05, 3.63) is 36.2 Å². The second-order valence-corrected chi connectivity index (χ2v) is 3.75. The Morgan fingerprint density at radius 1 is 1.29 bits per heavy atom. The summed E-state index contributed by atoms with van der Waals surface area (Å²) in [6, 6.07) is 0. The van der Waals surface area contributed by atoms with Crippen LogP contribution in [0.4, 0.5) is 0 Å². The molecule has 98 valence electrons. The summed E-state index contributed by atoms with van der Waals surface area (Å²) in [6.07, 6.45) is 6.95. The van der Waals surface area contributed by atoms with Crippen LogP contribution in [0.25, 0.3) is 0 Å². The van der Waals surface area contributed by atoms with Crippen molar-refractivity contribution in [2.24, 2.45) is 5.73 Å². The SMILES string of the molecule is C=C(CNCCNC/C=C\C(N)=C/CC)NC. The maximum Gasteiger partial charge on any atom is 0.0348 e. The van der Waals surface area contributed by atoms with Gasteiger partial charge in [0.1, 0.15) is 0 Å². The zero-order valence-electron chi connectivity index (χ0n) is 11.1. The summed E-state index contributed by atoms with van der Waals surface area (Å²) in [7, 11) is 1.88. The molecule has 0 saturated carbocycles. The molecule has 0 amide bonds. The van der Waals surface area contributed by atoms with Crippen molar-refractivity contribution >= 4 is 0 Å². The standard InChI is InChI=1S/C13H26N4/c1-4-6-13(14)7-5-8-16-9-10-17-11-12(2)15-3/h5-7,15-17H,2,4,8-11,14H2,1,3H3/b7-5-,13-6+. The average molecular weight is 238 g/mol. The van der Waals surface area contributed by atoms with E-state index in [0.29, 0.717) is 0 Å². The number of hydrogen-bond acceptors (Lipinski definition) is 4.